The maximum Gasteiger partial charge on any atom is 0.305 e. The predicted molar refractivity (Wildman–Crippen MR) is 373 cm³/mol. The summed E-state index contributed by atoms with van der Waals surface area (Å²) < 4.78 is 0. The number of hydrogen-bond donors (Lipinski definition) is 23. The van der Waals surface area contributed by atoms with Crippen molar-refractivity contribution in [1.82, 2.24) is 68.8 Å². The second-order valence-electron chi connectivity index (χ2n) is 25.6. The summed E-state index contributed by atoms with van der Waals surface area (Å²) >= 11 is 0. The number of amides is 17. The van der Waals surface area contributed by atoms with E-state index in [4.69, 9.17) is 45.9 Å². The van der Waals surface area contributed by atoms with E-state index in [1.807, 2.05) is 0 Å². The lowest BCUT2D eigenvalue weighted by molar-refractivity contribution is -0.140. The summed E-state index contributed by atoms with van der Waals surface area (Å²) in [5.74, 6) is -20.5. The summed E-state index contributed by atoms with van der Waals surface area (Å²) in [5.41, 5.74) is 45.2. The predicted octanol–water partition coefficient (Wildman–Crippen LogP) is -9.16. The standard InChI is InChI=1S/C64H103N21O20/c1-29(2)23-42(81-55(96)32(5)74-57(98)38(16-10-12-22-66)78-56(97)36(67)14-9-11-21-65)63(104)85-51(33(6)86)64(105)84-45(26-49(71)90)61(102)79-39(17-19-46(68)87)58(99)75-30(3)53(94)77-40(18-20-47(69)88)59(100)83-44(25-48(70)89)62(103)82-43(24-34-28-73-37-15-8-7-13-35(34)37)60(101)76-31(4)54(95)80-41(52(72)93)27-50(91)92/h7-8,13,15,28-33,36,38-45,51,73,86H,9-12,14,16-27,65-67H2,1-6H3,(H2,68,87)(H2,69,88)(H2,70,89)(H2,71,90)(H2,72,93)(H,74,98)(H,75,99)(H,76,101)(H,77,94)(H,78,97)(H,79,102)(H,80,95)(H,81,96)(H,82,103)(H,83,100)(H,84,105)(H,85,104)(H,91,92)/t30-,31-,32-,33+,36-,38-,39-,40-,41-,42-,43-,44-,45-,51-/m0/s1. The van der Waals surface area contributed by atoms with Gasteiger partial charge in [-0.25, -0.2) is 0 Å². The summed E-state index contributed by atoms with van der Waals surface area (Å²) in [6.07, 6.45) is -3.55. The fraction of sp³-hybridized carbons (Fsp3) is 0.594. The van der Waals surface area contributed by atoms with Crippen LogP contribution in [-0.4, -0.2) is 219 Å². The van der Waals surface area contributed by atoms with Crippen molar-refractivity contribution in [3.8, 4) is 0 Å². The number of hydrogen-bond acceptors (Lipinski definition) is 22. The number of nitrogens with one attached hydrogen (secondary N) is 13. The van der Waals surface area contributed by atoms with E-state index in [2.05, 4.69) is 68.8 Å². The zero-order chi connectivity index (χ0) is 79.5. The molecule has 0 aliphatic carbocycles. The van der Waals surface area contributed by atoms with E-state index in [0.29, 0.717) is 61.7 Å². The molecular weight excluding hydrogens is 1380 g/mol. The van der Waals surface area contributed by atoms with E-state index in [1.54, 1.807) is 38.1 Å². The number of aromatic nitrogens is 1. The van der Waals surface area contributed by atoms with Gasteiger partial charge in [0.05, 0.1) is 31.4 Å². The SMILES string of the molecule is CC(C)C[C@H](NC(=O)[C@H](C)NC(=O)[C@H](CCCCN)NC(=O)[C@@H](N)CCCCN)C(=O)N[C@H](C(=O)N[C@@H](CC(N)=O)C(=O)N[C@@H](CCC(N)=O)C(=O)N[C@@H](C)C(=O)N[C@@H](CCC(N)=O)C(=O)N[C@@H](CC(N)=O)C(=O)N[C@@H](Cc1c[nH]c2ccccc12)C(=O)N[C@@H](C)C(=O)N[C@@H](CC(=O)O)C(N)=O)[C@@H](C)O. The van der Waals surface area contributed by atoms with Gasteiger partial charge in [0.2, 0.25) is 100 Å². The number of unbranched alkanes of at least 4 members (excludes halogenated alkanes) is 2. The van der Waals surface area contributed by atoms with Crippen LogP contribution in [0, 0.1) is 5.92 Å². The number of carboxylic acid groups (broad SMARTS) is 1. The van der Waals surface area contributed by atoms with Gasteiger partial charge >= 0.3 is 5.97 Å². The van der Waals surface area contributed by atoms with E-state index in [9.17, 15) is 96.5 Å². The highest BCUT2D eigenvalue weighted by Gasteiger charge is 2.38. The highest BCUT2D eigenvalue weighted by molar-refractivity contribution is 6.02. The number of primary amides is 5. The van der Waals surface area contributed by atoms with Gasteiger partial charge in [0.1, 0.15) is 72.5 Å². The number of aliphatic hydroxyl groups is 1. The number of rotatable bonds is 50. The smallest absolute Gasteiger partial charge is 0.305 e. The highest BCUT2D eigenvalue weighted by atomic mass is 16.4. The third-order valence-corrected chi connectivity index (χ3v) is 16.0. The van der Waals surface area contributed by atoms with Crippen LogP contribution in [0.25, 0.3) is 10.9 Å². The Labute approximate surface area is 604 Å². The number of para-hydroxylation sites is 1. The normalized spacial score (nSPS) is 15.1. The molecule has 0 aliphatic heterocycles. The average molecular weight is 1490 g/mol. The molecule has 14 atom stereocenters. The van der Waals surface area contributed by atoms with Gasteiger partial charge in [0.15, 0.2) is 0 Å². The van der Waals surface area contributed by atoms with Gasteiger partial charge in [0, 0.05) is 36.4 Å². The summed E-state index contributed by atoms with van der Waals surface area (Å²) in [6.45, 7) is 8.64. The number of carbonyl (C=O) groups is 18. The number of carboxylic acids is 1. The monoisotopic (exact) mass is 1490 g/mol. The second kappa shape index (κ2) is 45.2. The molecule has 0 unspecified atom stereocenters. The third kappa shape index (κ3) is 32.9. The lowest BCUT2D eigenvalue weighted by Gasteiger charge is -2.28. The van der Waals surface area contributed by atoms with Crippen molar-refractivity contribution in [2.75, 3.05) is 13.1 Å². The summed E-state index contributed by atoms with van der Waals surface area (Å²) in [6, 6.07) is -14.4. The van der Waals surface area contributed by atoms with Crippen molar-refractivity contribution < 1.29 is 96.5 Å². The lowest BCUT2D eigenvalue weighted by atomic mass is 10.0. The Morgan fingerprint density at radius 2 is 0.790 bits per heavy atom. The first kappa shape index (κ1) is 90.1. The third-order valence-electron chi connectivity index (χ3n) is 16.0. The van der Waals surface area contributed by atoms with Crippen molar-refractivity contribution in [2.45, 2.75) is 223 Å². The van der Waals surface area contributed by atoms with Gasteiger partial charge in [-0.2, -0.15) is 0 Å². The number of H-pyrrole nitrogens is 1. The maximum absolute atomic E-state index is 14.2. The first-order valence-corrected chi connectivity index (χ1v) is 33.9. The number of carbonyl (C=O) groups excluding carboxylic acids is 17. The molecule has 1 heterocycles. The molecule has 0 radical (unpaired) electrons. The number of benzene rings is 1. The first-order valence-electron chi connectivity index (χ1n) is 33.9. The van der Waals surface area contributed by atoms with Crippen molar-refractivity contribution >= 4 is 117 Å². The Balaban J connectivity index is 2.40. The Morgan fingerprint density at radius 3 is 1.24 bits per heavy atom. The number of nitrogens with two attached hydrogens (primary N) is 8. The van der Waals surface area contributed by atoms with Crippen molar-refractivity contribution in [1.29, 1.82) is 0 Å². The number of aliphatic hydroxyl groups excluding tert-OH is 1. The molecule has 41 nitrogen and oxygen atoms in total. The maximum atomic E-state index is 14.2. The Morgan fingerprint density at radius 1 is 0.410 bits per heavy atom. The van der Waals surface area contributed by atoms with Crippen molar-refractivity contribution in [3.63, 3.8) is 0 Å². The van der Waals surface area contributed by atoms with Gasteiger partial charge in [-0.15, -0.1) is 0 Å². The quantitative estimate of drug-likeness (QED) is 0.0274. The van der Waals surface area contributed by atoms with Gasteiger partial charge in [-0.3, -0.25) is 86.3 Å². The van der Waals surface area contributed by atoms with E-state index >= 15 is 0 Å². The fourth-order valence-corrected chi connectivity index (χ4v) is 10.2. The van der Waals surface area contributed by atoms with Crippen LogP contribution in [0.4, 0.5) is 0 Å². The fourth-order valence-electron chi connectivity index (χ4n) is 10.2. The molecule has 0 saturated carbocycles. The molecule has 584 valence electrons. The minimum absolute atomic E-state index is 0.0866. The highest BCUT2D eigenvalue weighted by Crippen LogP contribution is 2.20. The number of aromatic amines is 1. The average Bonchev–Trinajstić information content (AvgIpc) is 1.66. The van der Waals surface area contributed by atoms with Crippen LogP contribution >= 0.6 is 0 Å². The summed E-state index contributed by atoms with van der Waals surface area (Å²) in [5, 5.41) is 48.6. The molecule has 0 spiro atoms. The second-order valence-corrected chi connectivity index (χ2v) is 25.6. The molecule has 2 aromatic rings. The topological polar surface area (TPSA) is 716 Å². The summed E-state index contributed by atoms with van der Waals surface area (Å²) in [7, 11) is 0. The zero-order valence-electron chi connectivity index (χ0n) is 59.4. The van der Waals surface area contributed by atoms with Crippen LogP contribution in [0.15, 0.2) is 30.5 Å². The molecule has 31 N–H and O–H groups in total. The van der Waals surface area contributed by atoms with Crippen LogP contribution in [0.1, 0.15) is 137 Å². The van der Waals surface area contributed by atoms with Crippen LogP contribution in [0.5, 0.6) is 0 Å². The Bertz CT molecular complexity index is 3420. The van der Waals surface area contributed by atoms with Crippen LogP contribution in [-0.2, 0) is 92.7 Å². The van der Waals surface area contributed by atoms with E-state index in [0.717, 1.165) is 20.8 Å². The molecule has 0 fully saturated rings. The zero-order valence-corrected chi connectivity index (χ0v) is 59.4. The molecule has 41 heteroatoms. The van der Waals surface area contributed by atoms with Gasteiger partial charge < -0.3 is 125 Å². The molecular formula is C64H103N21O20. The van der Waals surface area contributed by atoms with Crippen molar-refractivity contribution in [2.24, 2.45) is 51.8 Å². The number of fused-ring (bicyclic) bond motifs is 1. The largest absolute Gasteiger partial charge is 0.481 e. The molecule has 0 saturated heterocycles. The minimum Gasteiger partial charge on any atom is -0.481 e. The molecule has 1 aromatic carbocycles. The molecule has 0 bridgehead atoms. The molecule has 0 aliphatic rings. The molecule has 17 amide bonds. The van der Waals surface area contributed by atoms with Crippen LogP contribution in [0.3, 0.4) is 0 Å². The van der Waals surface area contributed by atoms with Crippen LogP contribution in [0.2, 0.25) is 0 Å². The van der Waals surface area contributed by atoms with Crippen molar-refractivity contribution in [3.05, 3.63) is 36.0 Å². The lowest BCUT2D eigenvalue weighted by Crippen LogP contribution is -2.62. The van der Waals surface area contributed by atoms with Crippen LogP contribution < -0.4 is 110 Å². The molecule has 2 rings (SSSR count). The molecule has 1 aromatic heterocycles. The minimum atomic E-state index is -2.02. The van der Waals surface area contributed by atoms with E-state index in [-0.39, 0.29) is 25.2 Å². The first-order chi connectivity index (χ1) is 49.2. The molecule has 105 heavy (non-hydrogen) atoms. The number of aliphatic carboxylic acids is 1. The Kier molecular flexibility index (Phi) is 38.8. The van der Waals surface area contributed by atoms with E-state index in [1.165, 1.54) is 13.1 Å². The van der Waals surface area contributed by atoms with Gasteiger partial charge in [-0.1, -0.05) is 38.5 Å². The van der Waals surface area contributed by atoms with E-state index < -0.39 is 236 Å². The van der Waals surface area contributed by atoms with Gasteiger partial charge in [0.25, 0.3) is 0 Å². The summed E-state index contributed by atoms with van der Waals surface area (Å²) in [4.78, 5) is 241. The Hall–Kier alpha value is -10.9. The van der Waals surface area contributed by atoms with Gasteiger partial charge in [-0.05, 0) is 110 Å².